The van der Waals surface area contributed by atoms with Gasteiger partial charge in [0.15, 0.2) is 0 Å². The minimum Gasteiger partial charge on any atom is -0.395 e. The zero-order valence-electron chi connectivity index (χ0n) is 8.72. The second kappa shape index (κ2) is 3.00. The molecule has 1 rings (SSSR count). The van der Waals surface area contributed by atoms with E-state index >= 15 is 0 Å². The van der Waals surface area contributed by atoms with E-state index in [9.17, 15) is 0 Å². The van der Waals surface area contributed by atoms with E-state index in [0.717, 1.165) is 19.6 Å². The first-order chi connectivity index (χ1) is 5.39. The number of aliphatic hydroxyl groups is 1. The molecule has 1 heterocycles. The Morgan fingerprint density at radius 3 is 1.83 bits per heavy atom. The van der Waals surface area contributed by atoms with Crippen molar-refractivity contribution in [1.82, 2.24) is 4.90 Å². The van der Waals surface area contributed by atoms with Crippen molar-refractivity contribution in [3.05, 3.63) is 0 Å². The molecule has 72 valence electrons. The predicted molar refractivity (Wildman–Crippen MR) is 51.1 cm³/mol. The van der Waals surface area contributed by atoms with Gasteiger partial charge < -0.3 is 5.11 Å². The van der Waals surface area contributed by atoms with Crippen LogP contribution in [0.25, 0.3) is 0 Å². The first kappa shape index (κ1) is 10.0. The second-order valence-electron chi connectivity index (χ2n) is 5.20. The monoisotopic (exact) mass is 171 g/mol. The predicted octanol–water partition coefficient (Wildman–Crippen LogP) is 1.35. The summed E-state index contributed by atoms with van der Waals surface area (Å²) in [5.41, 5.74) is 0.754. The minimum absolute atomic E-state index is 0.284. The molecule has 0 bridgehead atoms. The van der Waals surface area contributed by atoms with Gasteiger partial charge in [0.2, 0.25) is 0 Å². The molecule has 0 aliphatic carbocycles. The van der Waals surface area contributed by atoms with Crippen LogP contribution in [-0.2, 0) is 0 Å². The van der Waals surface area contributed by atoms with Gasteiger partial charge in [-0.2, -0.15) is 0 Å². The first-order valence-corrected chi connectivity index (χ1v) is 4.72. The third-order valence-corrected chi connectivity index (χ3v) is 3.49. The summed E-state index contributed by atoms with van der Waals surface area (Å²) < 4.78 is 0. The number of rotatable bonds is 2. The maximum atomic E-state index is 8.83. The summed E-state index contributed by atoms with van der Waals surface area (Å²) in [6.07, 6.45) is 0. The zero-order valence-corrected chi connectivity index (χ0v) is 8.72. The summed E-state index contributed by atoms with van der Waals surface area (Å²) in [4.78, 5) is 2.35. The highest BCUT2D eigenvalue weighted by molar-refractivity contribution is 4.96. The summed E-state index contributed by atoms with van der Waals surface area (Å²) in [7, 11) is 0. The topological polar surface area (TPSA) is 23.5 Å². The van der Waals surface area contributed by atoms with Gasteiger partial charge in [-0.3, -0.25) is 4.90 Å². The molecule has 0 saturated carbocycles. The van der Waals surface area contributed by atoms with Crippen molar-refractivity contribution < 1.29 is 5.11 Å². The van der Waals surface area contributed by atoms with E-state index in [4.69, 9.17) is 5.11 Å². The lowest BCUT2D eigenvalue weighted by Gasteiger charge is -2.33. The maximum Gasteiger partial charge on any atom is 0.0558 e. The molecule has 0 amide bonds. The fourth-order valence-corrected chi connectivity index (χ4v) is 1.90. The molecule has 2 nitrogen and oxygen atoms in total. The van der Waals surface area contributed by atoms with E-state index in [0.29, 0.717) is 10.8 Å². The van der Waals surface area contributed by atoms with Crippen LogP contribution >= 0.6 is 0 Å². The normalized spacial score (nSPS) is 27.8. The Hall–Kier alpha value is -0.0800. The second-order valence-corrected chi connectivity index (χ2v) is 5.20. The molecule has 1 N–H and O–H groups in total. The Morgan fingerprint density at radius 2 is 1.50 bits per heavy atom. The Bertz CT molecular complexity index is 147. The van der Waals surface area contributed by atoms with Crippen LogP contribution in [0.1, 0.15) is 27.7 Å². The molecule has 0 spiro atoms. The molecule has 0 atom stereocenters. The SMILES string of the molecule is CC1(C)CN(CCO)CC1(C)C. The Labute approximate surface area is 75.6 Å². The van der Waals surface area contributed by atoms with Crippen molar-refractivity contribution in [3.63, 3.8) is 0 Å². The Balaban J connectivity index is 2.61. The van der Waals surface area contributed by atoms with Crippen LogP contribution in [0, 0.1) is 10.8 Å². The fourth-order valence-electron chi connectivity index (χ4n) is 1.90. The van der Waals surface area contributed by atoms with E-state index in [1.54, 1.807) is 0 Å². The van der Waals surface area contributed by atoms with Gasteiger partial charge in [-0.05, 0) is 10.8 Å². The van der Waals surface area contributed by atoms with E-state index in [-0.39, 0.29) is 6.61 Å². The minimum atomic E-state index is 0.284. The number of hydrogen-bond acceptors (Lipinski definition) is 2. The van der Waals surface area contributed by atoms with Gasteiger partial charge in [0, 0.05) is 19.6 Å². The number of nitrogens with zero attached hydrogens (tertiary/aromatic N) is 1. The van der Waals surface area contributed by atoms with E-state index in [1.165, 1.54) is 0 Å². The van der Waals surface area contributed by atoms with Gasteiger partial charge in [0.25, 0.3) is 0 Å². The highest BCUT2D eigenvalue weighted by Crippen LogP contribution is 2.44. The van der Waals surface area contributed by atoms with Gasteiger partial charge in [-0.25, -0.2) is 0 Å². The lowest BCUT2D eigenvalue weighted by Crippen LogP contribution is -2.30. The quantitative estimate of drug-likeness (QED) is 0.678. The summed E-state index contributed by atoms with van der Waals surface area (Å²) in [5.74, 6) is 0. The molecule has 0 unspecified atom stereocenters. The van der Waals surface area contributed by atoms with E-state index in [2.05, 4.69) is 32.6 Å². The lowest BCUT2D eigenvalue weighted by atomic mass is 9.71. The Kier molecular flexibility index (Phi) is 2.50. The average molecular weight is 171 g/mol. The van der Waals surface area contributed by atoms with Crippen LogP contribution in [0.4, 0.5) is 0 Å². The van der Waals surface area contributed by atoms with Crippen molar-refractivity contribution in [1.29, 1.82) is 0 Å². The molecule has 1 fully saturated rings. The van der Waals surface area contributed by atoms with Crippen LogP contribution in [0.15, 0.2) is 0 Å². The van der Waals surface area contributed by atoms with Crippen LogP contribution in [0.2, 0.25) is 0 Å². The number of β-amino-alcohol motifs (C(OH)–C–C–N with tert-alkyl or cyclic N) is 1. The lowest BCUT2D eigenvalue weighted by molar-refractivity contribution is 0.184. The molecule has 2 heteroatoms. The van der Waals surface area contributed by atoms with Crippen molar-refractivity contribution in [3.8, 4) is 0 Å². The molecule has 1 saturated heterocycles. The van der Waals surface area contributed by atoms with Crippen molar-refractivity contribution in [2.24, 2.45) is 10.8 Å². The summed E-state index contributed by atoms with van der Waals surface area (Å²) in [6, 6.07) is 0. The van der Waals surface area contributed by atoms with Gasteiger partial charge in [0.05, 0.1) is 6.61 Å². The van der Waals surface area contributed by atoms with Gasteiger partial charge in [0.1, 0.15) is 0 Å². The van der Waals surface area contributed by atoms with Crippen LogP contribution < -0.4 is 0 Å². The number of hydrogen-bond donors (Lipinski definition) is 1. The smallest absolute Gasteiger partial charge is 0.0558 e. The molecule has 1 aliphatic heterocycles. The largest absolute Gasteiger partial charge is 0.395 e. The van der Waals surface area contributed by atoms with Gasteiger partial charge in [-0.15, -0.1) is 0 Å². The zero-order chi connectivity index (χ0) is 9.41. The molecule has 0 aromatic rings. The highest BCUT2D eigenvalue weighted by Gasteiger charge is 2.44. The summed E-state index contributed by atoms with van der Waals surface area (Å²) >= 11 is 0. The summed E-state index contributed by atoms with van der Waals surface area (Å²) in [5, 5.41) is 8.83. The van der Waals surface area contributed by atoms with Crippen molar-refractivity contribution in [2.45, 2.75) is 27.7 Å². The van der Waals surface area contributed by atoms with Crippen LogP contribution in [0.3, 0.4) is 0 Å². The molecule has 0 aromatic carbocycles. The maximum absolute atomic E-state index is 8.83. The van der Waals surface area contributed by atoms with Crippen LogP contribution in [-0.4, -0.2) is 36.2 Å². The van der Waals surface area contributed by atoms with Crippen molar-refractivity contribution in [2.75, 3.05) is 26.2 Å². The fraction of sp³-hybridized carbons (Fsp3) is 1.00. The highest BCUT2D eigenvalue weighted by atomic mass is 16.3. The van der Waals surface area contributed by atoms with Crippen molar-refractivity contribution >= 4 is 0 Å². The molecule has 0 aromatic heterocycles. The van der Waals surface area contributed by atoms with Gasteiger partial charge >= 0.3 is 0 Å². The van der Waals surface area contributed by atoms with E-state index in [1.807, 2.05) is 0 Å². The average Bonchev–Trinajstić information content (AvgIpc) is 2.02. The van der Waals surface area contributed by atoms with E-state index < -0.39 is 0 Å². The molecule has 12 heavy (non-hydrogen) atoms. The molecular formula is C10H21NO. The molecule has 0 radical (unpaired) electrons. The number of aliphatic hydroxyl groups excluding tert-OH is 1. The third kappa shape index (κ3) is 1.64. The first-order valence-electron chi connectivity index (χ1n) is 4.72. The van der Waals surface area contributed by atoms with Gasteiger partial charge in [-0.1, -0.05) is 27.7 Å². The molecule has 1 aliphatic rings. The molecular weight excluding hydrogens is 150 g/mol. The summed E-state index contributed by atoms with van der Waals surface area (Å²) in [6.45, 7) is 12.6. The van der Waals surface area contributed by atoms with Crippen LogP contribution in [0.5, 0.6) is 0 Å². The Morgan fingerprint density at radius 1 is 1.08 bits per heavy atom. The third-order valence-electron chi connectivity index (χ3n) is 3.49. The standard InChI is InChI=1S/C10H21NO/c1-9(2)7-11(5-6-12)8-10(9,3)4/h12H,5-8H2,1-4H3. The number of likely N-dealkylation sites (tertiary alicyclic amines) is 1.